The molecule has 0 saturated heterocycles. The van der Waals surface area contributed by atoms with E-state index in [4.69, 9.17) is 9.79 Å². The summed E-state index contributed by atoms with van der Waals surface area (Å²) in [6.45, 7) is 0. The molecule has 0 fully saturated rings. The number of hydrogen-bond donors (Lipinski definition) is 2. The van der Waals surface area contributed by atoms with Gasteiger partial charge in [0, 0.05) is 0 Å². The zero-order valence-electron chi connectivity index (χ0n) is 5.14. The SMILES string of the molecule is O=P(O)(O)C(=C(F)F)C(F)(F)F. The highest BCUT2D eigenvalue weighted by molar-refractivity contribution is 7.56. The Morgan fingerprint density at radius 1 is 1.17 bits per heavy atom. The molecule has 0 aliphatic carbocycles. The van der Waals surface area contributed by atoms with E-state index in [1.165, 1.54) is 0 Å². The van der Waals surface area contributed by atoms with E-state index in [0.29, 0.717) is 0 Å². The van der Waals surface area contributed by atoms with Crippen molar-refractivity contribution in [3.8, 4) is 0 Å². The van der Waals surface area contributed by atoms with E-state index < -0.39 is 25.2 Å². The van der Waals surface area contributed by atoms with Gasteiger partial charge < -0.3 is 9.79 Å². The molecule has 0 rings (SSSR count). The first-order valence-electron chi connectivity index (χ1n) is 2.25. The lowest BCUT2D eigenvalue weighted by atomic mass is 10.6. The summed E-state index contributed by atoms with van der Waals surface area (Å²) in [6, 6.07) is 0. The minimum Gasteiger partial charge on any atom is -0.321 e. The highest BCUT2D eigenvalue weighted by Gasteiger charge is 2.48. The Hall–Kier alpha value is -0.460. The van der Waals surface area contributed by atoms with Crippen molar-refractivity contribution in [1.29, 1.82) is 0 Å². The lowest BCUT2D eigenvalue weighted by Crippen LogP contribution is -2.13. The maximum Gasteiger partial charge on any atom is 0.429 e. The molecule has 0 unspecified atom stereocenters. The maximum absolute atomic E-state index is 11.4. The fourth-order valence-electron chi connectivity index (χ4n) is 0.382. The minimum atomic E-state index is -5.95. The summed E-state index contributed by atoms with van der Waals surface area (Å²) in [4.78, 5) is 15.7. The highest BCUT2D eigenvalue weighted by atomic mass is 31.2. The van der Waals surface area contributed by atoms with E-state index >= 15 is 0 Å². The highest BCUT2D eigenvalue weighted by Crippen LogP contribution is 2.54. The average Bonchev–Trinajstić information content (AvgIpc) is 1.49. The zero-order valence-corrected chi connectivity index (χ0v) is 6.03. The summed E-state index contributed by atoms with van der Waals surface area (Å²) >= 11 is 0. The molecule has 0 amide bonds. The van der Waals surface area contributed by atoms with Gasteiger partial charge in [-0.2, -0.15) is 22.0 Å². The van der Waals surface area contributed by atoms with Gasteiger partial charge in [0.25, 0.3) is 6.08 Å². The van der Waals surface area contributed by atoms with Gasteiger partial charge in [-0.3, -0.25) is 4.57 Å². The first-order valence-corrected chi connectivity index (χ1v) is 3.86. The van der Waals surface area contributed by atoms with Crippen molar-refractivity contribution in [2.24, 2.45) is 0 Å². The van der Waals surface area contributed by atoms with E-state index in [9.17, 15) is 26.5 Å². The van der Waals surface area contributed by atoms with Crippen LogP contribution in [0.1, 0.15) is 0 Å². The largest absolute Gasteiger partial charge is 0.429 e. The van der Waals surface area contributed by atoms with Gasteiger partial charge in [-0.1, -0.05) is 0 Å². The monoisotopic (exact) mass is 212 g/mol. The molecule has 0 heterocycles. The van der Waals surface area contributed by atoms with Gasteiger partial charge in [0.05, 0.1) is 0 Å². The van der Waals surface area contributed by atoms with Crippen LogP contribution in [-0.4, -0.2) is 16.0 Å². The molecule has 2 N–H and O–H groups in total. The second-order valence-electron chi connectivity index (χ2n) is 1.65. The molecule has 0 aliphatic heterocycles. The summed E-state index contributed by atoms with van der Waals surface area (Å²) in [6.07, 6.45) is -9.13. The van der Waals surface area contributed by atoms with Crippen LogP contribution in [0.25, 0.3) is 0 Å². The van der Waals surface area contributed by atoms with Crippen molar-refractivity contribution in [3.05, 3.63) is 11.4 Å². The van der Waals surface area contributed by atoms with Crippen LogP contribution in [0.2, 0.25) is 0 Å². The quantitative estimate of drug-likeness (QED) is 0.514. The lowest BCUT2D eigenvalue weighted by molar-refractivity contribution is -0.0895. The van der Waals surface area contributed by atoms with Crippen LogP contribution in [0, 0.1) is 0 Å². The minimum absolute atomic E-state index is 3.09. The topological polar surface area (TPSA) is 57.5 Å². The fraction of sp³-hybridized carbons (Fsp3) is 0.333. The molecule has 0 atom stereocenters. The second kappa shape index (κ2) is 3.12. The second-order valence-corrected chi connectivity index (χ2v) is 3.19. The van der Waals surface area contributed by atoms with Gasteiger partial charge in [-0.25, -0.2) is 0 Å². The number of rotatable bonds is 1. The first kappa shape index (κ1) is 11.5. The fourth-order valence-corrected chi connectivity index (χ4v) is 0.933. The molecule has 0 bridgehead atoms. The van der Waals surface area contributed by atoms with Crippen LogP contribution < -0.4 is 0 Å². The van der Waals surface area contributed by atoms with Crippen molar-refractivity contribution in [2.45, 2.75) is 6.18 Å². The summed E-state index contributed by atoms with van der Waals surface area (Å²) in [7, 11) is -5.95. The third-order valence-electron chi connectivity index (χ3n) is 0.739. The predicted molar refractivity (Wildman–Crippen MR) is 27.3 cm³/mol. The number of halogens is 5. The van der Waals surface area contributed by atoms with Crippen molar-refractivity contribution in [3.63, 3.8) is 0 Å². The van der Waals surface area contributed by atoms with E-state index in [-0.39, 0.29) is 0 Å². The number of hydrogen-bond acceptors (Lipinski definition) is 1. The van der Waals surface area contributed by atoms with Gasteiger partial charge in [0.15, 0.2) is 0 Å². The van der Waals surface area contributed by atoms with Crippen LogP contribution in [0.15, 0.2) is 11.4 Å². The molecular weight excluding hydrogens is 210 g/mol. The molecule has 0 aromatic rings. The lowest BCUT2D eigenvalue weighted by Gasteiger charge is -2.10. The normalized spacial score (nSPS) is 12.9. The molecule has 0 aromatic carbocycles. The van der Waals surface area contributed by atoms with Crippen LogP contribution in [0.3, 0.4) is 0 Å². The van der Waals surface area contributed by atoms with E-state index in [1.54, 1.807) is 0 Å². The van der Waals surface area contributed by atoms with Crippen molar-refractivity contribution in [2.75, 3.05) is 0 Å². The Balaban J connectivity index is 5.29. The zero-order chi connectivity index (χ0) is 10.2. The van der Waals surface area contributed by atoms with Crippen LogP contribution in [0.5, 0.6) is 0 Å². The van der Waals surface area contributed by atoms with E-state index in [2.05, 4.69) is 0 Å². The van der Waals surface area contributed by atoms with Crippen molar-refractivity contribution in [1.82, 2.24) is 0 Å². The summed E-state index contributed by atoms with van der Waals surface area (Å²) in [5, 5.41) is -3.09. The molecule has 12 heavy (non-hydrogen) atoms. The van der Waals surface area contributed by atoms with Crippen LogP contribution >= 0.6 is 7.60 Å². The Morgan fingerprint density at radius 3 is 1.50 bits per heavy atom. The first-order chi connectivity index (χ1) is 5.07. The molecule has 0 aliphatic rings. The van der Waals surface area contributed by atoms with Crippen molar-refractivity contribution >= 4 is 7.60 Å². The molecule has 0 saturated carbocycles. The smallest absolute Gasteiger partial charge is 0.321 e. The van der Waals surface area contributed by atoms with Crippen molar-refractivity contribution < 1.29 is 36.3 Å². The molecule has 0 spiro atoms. The van der Waals surface area contributed by atoms with Crippen LogP contribution in [-0.2, 0) is 4.57 Å². The molecule has 0 aromatic heterocycles. The van der Waals surface area contributed by atoms with Crippen LogP contribution in [0.4, 0.5) is 22.0 Å². The van der Waals surface area contributed by atoms with E-state index in [0.717, 1.165) is 0 Å². The molecule has 9 heteroatoms. The predicted octanol–water partition coefficient (Wildman–Crippen LogP) is 1.83. The maximum atomic E-state index is 11.4. The molecule has 0 radical (unpaired) electrons. The molecular formula is C3H2F5O3P. The summed E-state index contributed by atoms with van der Waals surface area (Å²) in [5.74, 6) is 0. The Bertz CT molecular complexity index is 245. The number of allylic oxidation sites excluding steroid dienone is 1. The van der Waals surface area contributed by atoms with Gasteiger partial charge in [0.1, 0.15) is 0 Å². The standard InChI is InChI=1S/C3H2F5O3P/c4-2(5)1(3(6,7)8)12(9,10)11/h(H2,9,10,11). The summed E-state index contributed by atoms with van der Waals surface area (Å²) in [5.41, 5.74) is 0. The van der Waals surface area contributed by atoms with Gasteiger partial charge in [-0.15, -0.1) is 0 Å². The molecule has 3 nitrogen and oxygen atoms in total. The summed E-state index contributed by atoms with van der Waals surface area (Å²) < 4.78 is 66.9. The van der Waals surface area contributed by atoms with Gasteiger partial charge in [0.2, 0.25) is 5.31 Å². The third-order valence-corrected chi connectivity index (χ3v) is 1.74. The average molecular weight is 212 g/mol. The Morgan fingerprint density at radius 2 is 1.50 bits per heavy atom. The molecule has 72 valence electrons. The van der Waals surface area contributed by atoms with E-state index in [1.807, 2.05) is 0 Å². The Kier molecular flexibility index (Phi) is 3.00. The third kappa shape index (κ3) is 2.88. The van der Waals surface area contributed by atoms with Gasteiger partial charge >= 0.3 is 13.8 Å². The number of alkyl halides is 3. The Labute approximate surface area is 62.7 Å². The van der Waals surface area contributed by atoms with Gasteiger partial charge in [-0.05, 0) is 0 Å².